The molecule has 80 valence electrons. The number of nitrogens with zero attached hydrogens (tertiary/aromatic N) is 4. The fourth-order valence-corrected chi connectivity index (χ4v) is 1.60. The van der Waals surface area contributed by atoms with E-state index in [4.69, 9.17) is 21.0 Å². The van der Waals surface area contributed by atoms with Gasteiger partial charge < -0.3 is 0 Å². The number of rotatable bonds is 2. The van der Waals surface area contributed by atoms with Crippen LogP contribution in [0, 0.1) is 45.3 Å². The zero-order chi connectivity index (χ0) is 12.9. The van der Waals surface area contributed by atoms with Crippen molar-refractivity contribution in [1.82, 2.24) is 0 Å². The number of nitriles is 4. The minimum atomic E-state index is -1.23. The van der Waals surface area contributed by atoms with Gasteiger partial charge in [-0.1, -0.05) is 24.3 Å². The summed E-state index contributed by atoms with van der Waals surface area (Å²) in [6.45, 7) is 0. The lowest BCUT2D eigenvalue weighted by atomic mass is 9.96. The Hall–Kier alpha value is -2.09. The summed E-state index contributed by atoms with van der Waals surface area (Å²) in [5, 5.41) is 35.3. The molecule has 0 aromatic heterocycles. The van der Waals surface area contributed by atoms with Crippen LogP contribution in [-0.4, -0.2) is 0 Å². The summed E-state index contributed by atoms with van der Waals surface area (Å²) in [5.41, 5.74) is 1.11. The minimum Gasteiger partial charge on any atom is -0.196 e. The molecular weight excluding hydrogens is 327 g/mol. The van der Waals surface area contributed by atoms with E-state index >= 15 is 0 Å². The zero-order valence-electron chi connectivity index (χ0n) is 8.55. The first-order valence-corrected chi connectivity index (χ1v) is 5.60. The molecule has 1 aromatic carbocycles. The molecule has 0 aliphatic rings. The molecular formula is C12H5IN4. The summed E-state index contributed by atoms with van der Waals surface area (Å²) in [5.74, 6) is -0.822. The van der Waals surface area contributed by atoms with E-state index in [1.807, 2.05) is 24.3 Å². The van der Waals surface area contributed by atoms with Crippen LogP contribution in [0.15, 0.2) is 24.3 Å². The highest BCUT2D eigenvalue weighted by Gasteiger charge is 2.28. The first-order valence-electron chi connectivity index (χ1n) is 4.52. The molecule has 0 unspecified atom stereocenters. The smallest absolute Gasteiger partial charge is 0.196 e. The van der Waals surface area contributed by atoms with E-state index in [-0.39, 0.29) is 0 Å². The highest BCUT2D eigenvalue weighted by Crippen LogP contribution is 2.31. The Kier molecular flexibility index (Phi) is 4.05. The minimum absolute atomic E-state index is 0.543. The SMILES string of the molecule is N#CC(C#N)c1ccc(C(I)(C#N)C#N)cc1. The van der Waals surface area contributed by atoms with Crippen LogP contribution in [0.25, 0.3) is 0 Å². The van der Waals surface area contributed by atoms with Crippen LogP contribution in [-0.2, 0) is 3.42 Å². The van der Waals surface area contributed by atoms with Crippen LogP contribution in [0.5, 0.6) is 0 Å². The summed E-state index contributed by atoms with van der Waals surface area (Å²) in [4.78, 5) is 0. The Balaban J connectivity index is 3.16. The van der Waals surface area contributed by atoms with Crippen molar-refractivity contribution in [2.24, 2.45) is 0 Å². The maximum absolute atomic E-state index is 8.92. The van der Waals surface area contributed by atoms with Crippen LogP contribution in [0.1, 0.15) is 17.0 Å². The number of halogens is 1. The standard InChI is InChI=1S/C12H5IN4/c13-12(7-16,8-17)11-3-1-9(2-4-11)10(5-14)6-15/h1-4,10H. The molecule has 0 spiro atoms. The predicted molar refractivity (Wildman–Crippen MR) is 67.3 cm³/mol. The van der Waals surface area contributed by atoms with Gasteiger partial charge in [-0.3, -0.25) is 0 Å². The van der Waals surface area contributed by atoms with Crippen molar-refractivity contribution in [3.8, 4) is 24.3 Å². The fourth-order valence-electron chi connectivity index (χ4n) is 1.24. The molecule has 0 aliphatic carbocycles. The molecule has 4 nitrogen and oxygen atoms in total. The molecule has 0 N–H and O–H groups in total. The van der Waals surface area contributed by atoms with Crippen LogP contribution in [0.4, 0.5) is 0 Å². The van der Waals surface area contributed by atoms with Crippen molar-refractivity contribution >= 4 is 22.6 Å². The lowest BCUT2D eigenvalue weighted by Crippen LogP contribution is -2.11. The molecule has 1 aromatic rings. The lowest BCUT2D eigenvalue weighted by molar-refractivity contribution is 1.04. The summed E-state index contributed by atoms with van der Waals surface area (Å²) >= 11 is 1.76. The molecule has 0 aliphatic heterocycles. The van der Waals surface area contributed by atoms with Gasteiger partial charge in [0.1, 0.15) is 12.1 Å². The molecule has 0 radical (unpaired) electrons. The molecule has 0 atom stereocenters. The Bertz CT molecular complexity index is 549. The topological polar surface area (TPSA) is 95.2 Å². The van der Waals surface area contributed by atoms with Crippen molar-refractivity contribution in [3.63, 3.8) is 0 Å². The molecule has 0 fully saturated rings. The van der Waals surface area contributed by atoms with Gasteiger partial charge in [-0.25, -0.2) is 0 Å². The first kappa shape index (κ1) is 13.0. The van der Waals surface area contributed by atoms with E-state index in [1.165, 1.54) is 0 Å². The van der Waals surface area contributed by atoms with Gasteiger partial charge in [0, 0.05) is 0 Å². The van der Waals surface area contributed by atoms with E-state index in [0.29, 0.717) is 11.1 Å². The largest absolute Gasteiger partial charge is 0.218 e. The summed E-state index contributed by atoms with van der Waals surface area (Å²) in [7, 11) is 0. The Morgan fingerprint density at radius 2 is 1.41 bits per heavy atom. The Morgan fingerprint density at radius 1 is 0.941 bits per heavy atom. The number of hydrogen-bond donors (Lipinski definition) is 0. The summed E-state index contributed by atoms with van der Waals surface area (Å²) in [6, 6.07) is 13.9. The van der Waals surface area contributed by atoms with Gasteiger partial charge >= 0.3 is 0 Å². The van der Waals surface area contributed by atoms with Gasteiger partial charge in [0.05, 0.1) is 12.1 Å². The van der Waals surface area contributed by atoms with E-state index in [9.17, 15) is 0 Å². The molecule has 5 heteroatoms. The third-order valence-electron chi connectivity index (χ3n) is 2.21. The average molecular weight is 332 g/mol. The van der Waals surface area contributed by atoms with Gasteiger partial charge in [0.25, 0.3) is 0 Å². The zero-order valence-corrected chi connectivity index (χ0v) is 10.7. The third kappa shape index (κ3) is 2.53. The summed E-state index contributed by atoms with van der Waals surface area (Å²) < 4.78 is -1.23. The van der Waals surface area contributed by atoms with Crippen molar-refractivity contribution in [2.45, 2.75) is 9.34 Å². The van der Waals surface area contributed by atoms with Gasteiger partial charge in [0.15, 0.2) is 5.92 Å². The van der Waals surface area contributed by atoms with E-state index in [2.05, 4.69) is 0 Å². The second-order valence-corrected chi connectivity index (χ2v) is 4.81. The van der Waals surface area contributed by atoms with Gasteiger partial charge in [-0.15, -0.1) is 0 Å². The molecule has 1 rings (SSSR count). The molecule has 17 heavy (non-hydrogen) atoms. The predicted octanol–water partition coefficient (Wildman–Crippen LogP) is 2.49. The second kappa shape index (κ2) is 5.30. The van der Waals surface area contributed by atoms with Crippen LogP contribution >= 0.6 is 22.6 Å². The van der Waals surface area contributed by atoms with Crippen molar-refractivity contribution in [2.75, 3.05) is 0 Å². The lowest BCUT2D eigenvalue weighted by Gasteiger charge is -2.11. The number of benzene rings is 1. The quantitative estimate of drug-likeness (QED) is 0.614. The number of alkyl halides is 1. The molecule has 0 bridgehead atoms. The van der Waals surface area contributed by atoms with E-state index in [1.54, 1.807) is 46.9 Å². The average Bonchev–Trinajstić information content (AvgIpc) is 2.40. The molecule has 0 amide bonds. The van der Waals surface area contributed by atoms with Crippen LogP contribution in [0.2, 0.25) is 0 Å². The highest BCUT2D eigenvalue weighted by atomic mass is 127. The second-order valence-electron chi connectivity index (χ2n) is 3.20. The fraction of sp³-hybridized carbons (Fsp3) is 0.167. The van der Waals surface area contributed by atoms with E-state index < -0.39 is 9.34 Å². The number of hydrogen-bond acceptors (Lipinski definition) is 4. The van der Waals surface area contributed by atoms with Gasteiger partial charge in [-0.05, 0) is 33.7 Å². The first-order chi connectivity index (χ1) is 8.11. The molecule has 0 saturated carbocycles. The van der Waals surface area contributed by atoms with Crippen molar-refractivity contribution in [3.05, 3.63) is 35.4 Å². The Labute approximate surface area is 112 Å². The maximum Gasteiger partial charge on any atom is 0.218 e. The molecule has 0 saturated heterocycles. The van der Waals surface area contributed by atoms with Crippen molar-refractivity contribution in [1.29, 1.82) is 21.0 Å². The van der Waals surface area contributed by atoms with Gasteiger partial charge in [-0.2, -0.15) is 21.0 Å². The maximum atomic E-state index is 8.92. The van der Waals surface area contributed by atoms with E-state index in [0.717, 1.165) is 0 Å². The monoisotopic (exact) mass is 332 g/mol. The third-order valence-corrected chi connectivity index (χ3v) is 3.31. The van der Waals surface area contributed by atoms with Crippen LogP contribution in [0.3, 0.4) is 0 Å². The molecule has 0 heterocycles. The van der Waals surface area contributed by atoms with Crippen LogP contribution < -0.4 is 0 Å². The highest BCUT2D eigenvalue weighted by molar-refractivity contribution is 14.1. The Morgan fingerprint density at radius 3 is 1.76 bits per heavy atom. The van der Waals surface area contributed by atoms with Crippen molar-refractivity contribution < 1.29 is 0 Å². The van der Waals surface area contributed by atoms with Gasteiger partial charge in [0.2, 0.25) is 3.42 Å². The summed E-state index contributed by atoms with van der Waals surface area (Å²) in [6.07, 6.45) is 0. The normalized spacial score (nSPS) is 9.76.